The summed E-state index contributed by atoms with van der Waals surface area (Å²) in [4.78, 5) is 20.6. The summed E-state index contributed by atoms with van der Waals surface area (Å²) in [5.41, 5.74) is 2.35. The molecule has 0 radical (unpaired) electrons. The van der Waals surface area contributed by atoms with Gasteiger partial charge in [-0.1, -0.05) is 24.3 Å². The van der Waals surface area contributed by atoms with Gasteiger partial charge in [-0.3, -0.25) is 9.78 Å². The number of Topliss-reactive ketones (excluding diaryl/α,β-unsaturated/α-hetero) is 1. The lowest BCUT2D eigenvalue weighted by atomic mass is 10.1. The SMILES string of the molecule is O=C(Cc1cccc(F)c1)c1cnc2ccccc2n1. The fourth-order valence-corrected chi connectivity index (χ4v) is 2.01. The van der Waals surface area contributed by atoms with Gasteiger partial charge in [-0.25, -0.2) is 9.37 Å². The van der Waals surface area contributed by atoms with Gasteiger partial charge in [0, 0.05) is 6.42 Å². The van der Waals surface area contributed by atoms with Crippen molar-refractivity contribution in [1.82, 2.24) is 9.97 Å². The maximum absolute atomic E-state index is 13.1. The normalized spacial score (nSPS) is 10.7. The van der Waals surface area contributed by atoms with Crippen LogP contribution in [0.5, 0.6) is 0 Å². The fourth-order valence-electron chi connectivity index (χ4n) is 2.01. The molecular formula is C16H11FN2O. The van der Waals surface area contributed by atoms with Crippen LogP contribution in [-0.2, 0) is 6.42 Å². The smallest absolute Gasteiger partial charge is 0.187 e. The average molecular weight is 266 g/mol. The van der Waals surface area contributed by atoms with Crippen molar-refractivity contribution in [3.05, 3.63) is 71.8 Å². The lowest BCUT2D eigenvalue weighted by Gasteiger charge is -2.02. The molecule has 0 saturated carbocycles. The van der Waals surface area contributed by atoms with Crippen molar-refractivity contribution < 1.29 is 9.18 Å². The van der Waals surface area contributed by atoms with Crippen LogP contribution in [0, 0.1) is 5.82 Å². The van der Waals surface area contributed by atoms with Crippen molar-refractivity contribution in [3.63, 3.8) is 0 Å². The molecule has 0 unspecified atom stereocenters. The number of aromatic nitrogens is 2. The van der Waals surface area contributed by atoms with E-state index >= 15 is 0 Å². The molecule has 3 aromatic rings. The number of carbonyl (C=O) groups excluding carboxylic acids is 1. The van der Waals surface area contributed by atoms with E-state index < -0.39 is 0 Å². The van der Waals surface area contributed by atoms with Crippen LogP contribution in [0.4, 0.5) is 4.39 Å². The van der Waals surface area contributed by atoms with Crippen molar-refractivity contribution in [2.75, 3.05) is 0 Å². The second kappa shape index (κ2) is 5.17. The van der Waals surface area contributed by atoms with Crippen LogP contribution in [0.25, 0.3) is 11.0 Å². The Morgan fingerprint density at radius 2 is 1.85 bits per heavy atom. The largest absolute Gasteiger partial charge is 0.292 e. The van der Waals surface area contributed by atoms with Gasteiger partial charge >= 0.3 is 0 Å². The highest BCUT2D eigenvalue weighted by atomic mass is 19.1. The topological polar surface area (TPSA) is 42.9 Å². The molecule has 3 rings (SSSR count). The van der Waals surface area contributed by atoms with Crippen LogP contribution in [0.15, 0.2) is 54.7 Å². The van der Waals surface area contributed by atoms with E-state index in [0.717, 1.165) is 5.52 Å². The minimum absolute atomic E-state index is 0.116. The maximum atomic E-state index is 13.1. The summed E-state index contributed by atoms with van der Waals surface area (Å²) in [6.07, 6.45) is 1.58. The molecule has 1 heterocycles. The van der Waals surface area contributed by atoms with Gasteiger partial charge in [0.25, 0.3) is 0 Å². The summed E-state index contributed by atoms with van der Waals surface area (Å²) in [6.45, 7) is 0. The van der Waals surface area contributed by atoms with Gasteiger partial charge in [-0.15, -0.1) is 0 Å². The molecule has 4 heteroatoms. The van der Waals surface area contributed by atoms with Crippen LogP contribution < -0.4 is 0 Å². The number of halogens is 1. The predicted octanol–water partition coefficient (Wildman–Crippen LogP) is 3.19. The fraction of sp³-hybridized carbons (Fsp3) is 0.0625. The molecule has 0 aliphatic heterocycles. The summed E-state index contributed by atoms with van der Waals surface area (Å²) in [7, 11) is 0. The van der Waals surface area contributed by atoms with Crippen LogP contribution in [0.3, 0.4) is 0 Å². The number of fused-ring (bicyclic) bond motifs is 1. The van der Waals surface area contributed by atoms with E-state index in [0.29, 0.717) is 16.8 Å². The second-order valence-corrected chi connectivity index (χ2v) is 4.47. The summed E-state index contributed by atoms with van der Waals surface area (Å²) in [6, 6.07) is 13.4. The summed E-state index contributed by atoms with van der Waals surface area (Å²) < 4.78 is 13.1. The number of para-hydroxylation sites is 2. The monoisotopic (exact) mass is 266 g/mol. The Hall–Kier alpha value is -2.62. The minimum atomic E-state index is -0.347. The Bertz CT molecular complexity index is 786. The third-order valence-electron chi connectivity index (χ3n) is 2.99. The van der Waals surface area contributed by atoms with Gasteiger partial charge < -0.3 is 0 Å². The lowest BCUT2D eigenvalue weighted by molar-refractivity contribution is 0.0988. The summed E-state index contributed by atoms with van der Waals surface area (Å²) in [5, 5.41) is 0. The van der Waals surface area contributed by atoms with Gasteiger partial charge in [-0.05, 0) is 29.8 Å². The number of benzene rings is 2. The zero-order valence-corrected chi connectivity index (χ0v) is 10.6. The zero-order chi connectivity index (χ0) is 13.9. The van der Waals surface area contributed by atoms with Crippen molar-refractivity contribution in [2.45, 2.75) is 6.42 Å². The van der Waals surface area contributed by atoms with Crippen molar-refractivity contribution >= 4 is 16.8 Å². The van der Waals surface area contributed by atoms with E-state index in [4.69, 9.17) is 0 Å². The molecule has 0 bridgehead atoms. The molecule has 0 N–H and O–H groups in total. The lowest BCUT2D eigenvalue weighted by Crippen LogP contribution is -2.07. The number of hydrogen-bond acceptors (Lipinski definition) is 3. The molecule has 2 aromatic carbocycles. The number of nitrogens with zero attached hydrogens (tertiary/aromatic N) is 2. The van der Waals surface area contributed by atoms with E-state index in [2.05, 4.69) is 9.97 Å². The van der Waals surface area contributed by atoms with Gasteiger partial charge in [0.1, 0.15) is 11.5 Å². The van der Waals surface area contributed by atoms with Crippen LogP contribution in [-0.4, -0.2) is 15.8 Å². The number of hydrogen-bond donors (Lipinski definition) is 0. The predicted molar refractivity (Wildman–Crippen MR) is 74.0 cm³/mol. The molecule has 0 aliphatic rings. The Kier molecular flexibility index (Phi) is 3.21. The molecular weight excluding hydrogens is 255 g/mol. The van der Waals surface area contributed by atoms with E-state index in [1.807, 2.05) is 18.2 Å². The van der Waals surface area contributed by atoms with Gasteiger partial charge in [-0.2, -0.15) is 0 Å². The minimum Gasteiger partial charge on any atom is -0.292 e. The first-order valence-corrected chi connectivity index (χ1v) is 6.22. The third kappa shape index (κ3) is 2.54. The van der Waals surface area contributed by atoms with Gasteiger partial charge in [0.2, 0.25) is 0 Å². The quantitative estimate of drug-likeness (QED) is 0.684. The summed E-state index contributed by atoms with van der Waals surface area (Å²) >= 11 is 0. The highest BCUT2D eigenvalue weighted by molar-refractivity contribution is 5.96. The Labute approximate surface area is 115 Å². The number of ketones is 1. The van der Waals surface area contributed by atoms with E-state index in [9.17, 15) is 9.18 Å². The maximum Gasteiger partial charge on any atom is 0.187 e. The molecule has 0 fully saturated rings. The van der Waals surface area contributed by atoms with E-state index in [1.165, 1.54) is 18.3 Å². The van der Waals surface area contributed by atoms with Crippen molar-refractivity contribution in [3.8, 4) is 0 Å². The van der Waals surface area contributed by atoms with E-state index in [-0.39, 0.29) is 18.0 Å². The molecule has 0 atom stereocenters. The van der Waals surface area contributed by atoms with Crippen LogP contribution in [0.1, 0.15) is 16.1 Å². The third-order valence-corrected chi connectivity index (χ3v) is 2.99. The van der Waals surface area contributed by atoms with Crippen LogP contribution in [0.2, 0.25) is 0 Å². The standard InChI is InChI=1S/C16H11FN2O/c17-12-5-3-4-11(8-12)9-16(20)15-10-18-13-6-1-2-7-14(13)19-15/h1-8,10H,9H2. The van der Waals surface area contributed by atoms with Crippen molar-refractivity contribution in [1.29, 1.82) is 0 Å². The first kappa shape index (κ1) is 12.4. The van der Waals surface area contributed by atoms with Crippen molar-refractivity contribution in [2.24, 2.45) is 0 Å². The average Bonchev–Trinajstić information content (AvgIpc) is 2.47. The molecule has 0 amide bonds. The number of carbonyl (C=O) groups is 1. The highest BCUT2D eigenvalue weighted by Gasteiger charge is 2.10. The molecule has 0 saturated heterocycles. The van der Waals surface area contributed by atoms with Crippen LogP contribution >= 0.6 is 0 Å². The summed E-state index contributed by atoms with van der Waals surface area (Å²) in [5.74, 6) is -0.520. The molecule has 98 valence electrons. The highest BCUT2D eigenvalue weighted by Crippen LogP contribution is 2.11. The molecule has 3 nitrogen and oxygen atoms in total. The molecule has 1 aromatic heterocycles. The first-order valence-electron chi connectivity index (χ1n) is 6.22. The second-order valence-electron chi connectivity index (χ2n) is 4.47. The zero-order valence-electron chi connectivity index (χ0n) is 10.6. The van der Waals surface area contributed by atoms with Gasteiger partial charge in [0.05, 0.1) is 17.2 Å². The molecule has 0 aliphatic carbocycles. The van der Waals surface area contributed by atoms with Gasteiger partial charge in [0.15, 0.2) is 5.78 Å². The molecule has 0 spiro atoms. The Balaban J connectivity index is 1.88. The van der Waals surface area contributed by atoms with E-state index in [1.54, 1.807) is 18.2 Å². The Morgan fingerprint density at radius 1 is 1.05 bits per heavy atom. The first-order chi connectivity index (χ1) is 9.72. The number of rotatable bonds is 3. The molecule has 20 heavy (non-hydrogen) atoms. The Morgan fingerprint density at radius 3 is 2.65 bits per heavy atom.